The van der Waals surface area contributed by atoms with Crippen LogP contribution in [-0.4, -0.2) is 17.1 Å². The number of aromatic nitrogens is 1. The number of fused-ring (bicyclic) bond motifs is 1. The zero-order chi connectivity index (χ0) is 14.4. The Bertz CT molecular complexity index is 832. The normalized spacial score (nSPS) is 23.0. The Morgan fingerprint density at radius 1 is 1.25 bits per heavy atom. The topological polar surface area (TPSA) is 39.1 Å². The molecule has 5 heteroatoms. The Balaban J connectivity index is 2.23. The fraction of sp³-hybridized carbons (Fsp3) is 0.200. The highest BCUT2D eigenvalue weighted by Crippen LogP contribution is 2.39. The third kappa shape index (κ3) is 1.80. The lowest BCUT2D eigenvalue weighted by Crippen LogP contribution is -2.40. The molecule has 1 heterocycles. The summed E-state index contributed by atoms with van der Waals surface area (Å²) in [5, 5.41) is 0.922. The van der Waals surface area contributed by atoms with E-state index in [2.05, 4.69) is 15.9 Å². The first-order valence-electron chi connectivity index (χ1n) is 6.31. The average Bonchev–Trinajstić information content (AvgIpc) is 2.86. The number of nitrogens with zero attached hydrogens (tertiary/aromatic N) is 1. The van der Waals surface area contributed by atoms with Gasteiger partial charge in [-0.25, -0.2) is 12.4 Å². The first kappa shape index (κ1) is 13.6. The number of benzene rings is 1. The van der Waals surface area contributed by atoms with Crippen molar-refractivity contribution in [2.24, 2.45) is 0 Å². The minimum absolute atomic E-state index is 0.457. The van der Waals surface area contributed by atoms with Crippen LogP contribution in [0.15, 0.2) is 59.2 Å². The highest BCUT2D eigenvalue weighted by atomic mass is 79.9. The van der Waals surface area contributed by atoms with E-state index in [1.807, 2.05) is 42.5 Å². The van der Waals surface area contributed by atoms with Crippen molar-refractivity contribution in [2.75, 3.05) is 0 Å². The average molecular weight is 352 g/mol. The van der Waals surface area contributed by atoms with Gasteiger partial charge < -0.3 is 0 Å². The van der Waals surface area contributed by atoms with Gasteiger partial charge in [-0.3, -0.25) is 0 Å². The molecule has 0 fully saturated rings. The van der Waals surface area contributed by atoms with E-state index in [-0.39, 0.29) is 0 Å². The van der Waals surface area contributed by atoms with Crippen molar-refractivity contribution in [1.82, 2.24) is 3.97 Å². The van der Waals surface area contributed by atoms with Crippen molar-refractivity contribution >= 4 is 36.9 Å². The molecule has 1 atom stereocenters. The van der Waals surface area contributed by atoms with Crippen LogP contribution in [0.25, 0.3) is 10.9 Å². The van der Waals surface area contributed by atoms with E-state index < -0.39 is 14.8 Å². The van der Waals surface area contributed by atoms with Gasteiger partial charge in [-0.15, -0.1) is 0 Å². The highest BCUT2D eigenvalue weighted by Gasteiger charge is 2.43. The molecule has 1 aliphatic rings. The molecule has 2 aromatic rings. The zero-order valence-electron chi connectivity index (χ0n) is 11.0. The Hall–Kier alpha value is -1.33. The van der Waals surface area contributed by atoms with Crippen LogP contribution < -0.4 is 0 Å². The molecule has 0 amide bonds. The van der Waals surface area contributed by atoms with E-state index in [0.717, 1.165) is 5.39 Å². The van der Waals surface area contributed by atoms with E-state index in [9.17, 15) is 8.42 Å². The molecule has 0 saturated carbocycles. The van der Waals surface area contributed by atoms with Crippen LogP contribution in [0.5, 0.6) is 0 Å². The van der Waals surface area contributed by atoms with Crippen LogP contribution in [0.3, 0.4) is 0 Å². The minimum Gasteiger partial charge on any atom is -0.244 e. The molecule has 20 heavy (non-hydrogen) atoms. The van der Waals surface area contributed by atoms with Crippen LogP contribution in [0, 0.1) is 0 Å². The number of para-hydroxylation sites is 1. The summed E-state index contributed by atoms with van der Waals surface area (Å²) in [7, 11) is -3.54. The SMILES string of the molecule is CC1(S(=O)(=O)n2ccc3ccccc32)CC=CC=C1Br. The van der Waals surface area contributed by atoms with E-state index >= 15 is 0 Å². The first-order valence-corrected chi connectivity index (χ1v) is 8.54. The van der Waals surface area contributed by atoms with E-state index in [1.165, 1.54) is 3.97 Å². The van der Waals surface area contributed by atoms with Gasteiger partial charge in [-0.05, 0) is 25.5 Å². The third-order valence-electron chi connectivity index (χ3n) is 3.78. The second-order valence-corrected chi connectivity index (χ2v) is 8.15. The largest absolute Gasteiger partial charge is 0.249 e. The predicted molar refractivity (Wildman–Crippen MR) is 85.4 cm³/mol. The van der Waals surface area contributed by atoms with Gasteiger partial charge in [0.1, 0.15) is 4.75 Å². The van der Waals surface area contributed by atoms with Crippen LogP contribution in [0.1, 0.15) is 13.3 Å². The number of halogens is 1. The second-order valence-electron chi connectivity index (χ2n) is 5.05. The van der Waals surface area contributed by atoms with Crippen LogP contribution in [0.2, 0.25) is 0 Å². The van der Waals surface area contributed by atoms with Crippen LogP contribution >= 0.6 is 15.9 Å². The third-order valence-corrected chi connectivity index (χ3v) is 7.55. The maximum absolute atomic E-state index is 13.1. The van der Waals surface area contributed by atoms with Crippen LogP contribution in [0.4, 0.5) is 0 Å². The standard InChI is InChI=1S/C15H14BrNO2S/c1-15(10-5-4-8-14(15)16)20(18,19)17-11-9-12-6-2-3-7-13(12)17/h2-9,11H,10H2,1H3. The lowest BCUT2D eigenvalue weighted by atomic mass is 10.0. The number of hydrogen-bond acceptors (Lipinski definition) is 2. The molecule has 1 aromatic heterocycles. The minimum atomic E-state index is -3.54. The highest BCUT2D eigenvalue weighted by molar-refractivity contribution is 9.12. The summed E-state index contributed by atoms with van der Waals surface area (Å²) in [6.45, 7) is 1.75. The van der Waals surface area contributed by atoms with E-state index in [4.69, 9.17) is 0 Å². The monoisotopic (exact) mass is 351 g/mol. The summed E-state index contributed by atoms with van der Waals surface area (Å²) in [5.74, 6) is 0. The van der Waals surface area contributed by atoms with Crippen LogP contribution in [-0.2, 0) is 10.0 Å². The molecule has 1 aromatic carbocycles. The van der Waals surface area contributed by atoms with Gasteiger partial charge in [-0.1, -0.05) is 52.4 Å². The summed E-state index contributed by atoms with van der Waals surface area (Å²) in [4.78, 5) is 0. The Kier molecular flexibility index (Phi) is 3.14. The zero-order valence-corrected chi connectivity index (χ0v) is 13.4. The fourth-order valence-electron chi connectivity index (χ4n) is 2.43. The molecule has 0 spiro atoms. The Labute approximate surface area is 126 Å². The molecule has 1 unspecified atom stereocenters. The summed E-state index contributed by atoms with van der Waals surface area (Å²) in [6.07, 6.45) is 7.64. The molecule has 3 nitrogen and oxygen atoms in total. The Morgan fingerprint density at radius 3 is 2.75 bits per heavy atom. The van der Waals surface area contributed by atoms with Crippen molar-refractivity contribution < 1.29 is 8.42 Å². The van der Waals surface area contributed by atoms with Gasteiger partial charge in [0.25, 0.3) is 0 Å². The molecule has 3 rings (SSSR count). The van der Waals surface area contributed by atoms with E-state index in [0.29, 0.717) is 16.4 Å². The molecule has 0 bridgehead atoms. The number of hydrogen-bond donors (Lipinski definition) is 0. The van der Waals surface area contributed by atoms with Gasteiger partial charge in [0.2, 0.25) is 10.0 Å². The fourth-order valence-corrected chi connectivity index (χ4v) is 5.06. The summed E-state index contributed by atoms with van der Waals surface area (Å²) < 4.78 is 27.2. The van der Waals surface area contributed by atoms with Gasteiger partial charge in [-0.2, -0.15) is 0 Å². The predicted octanol–water partition coefficient (Wildman–Crippen LogP) is 3.82. The molecule has 104 valence electrons. The molecular weight excluding hydrogens is 338 g/mol. The van der Waals surface area contributed by atoms with Gasteiger partial charge in [0.15, 0.2) is 0 Å². The van der Waals surface area contributed by atoms with Gasteiger partial charge >= 0.3 is 0 Å². The maximum Gasteiger partial charge on any atom is 0.249 e. The molecule has 0 N–H and O–H groups in total. The lowest BCUT2D eigenvalue weighted by molar-refractivity contribution is 0.553. The summed E-state index contributed by atoms with van der Waals surface area (Å²) in [6, 6.07) is 9.32. The second kappa shape index (κ2) is 4.60. The molecule has 0 saturated heterocycles. The van der Waals surface area contributed by atoms with Crippen molar-refractivity contribution in [3.8, 4) is 0 Å². The number of allylic oxidation sites excluding steroid dienone is 3. The molecule has 0 radical (unpaired) electrons. The Morgan fingerprint density at radius 2 is 2.00 bits per heavy atom. The van der Waals surface area contributed by atoms with Crippen molar-refractivity contribution in [2.45, 2.75) is 18.1 Å². The molecular formula is C15H14BrNO2S. The van der Waals surface area contributed by atoms with Crippen molar-refractivity contribution in [3.05, 3.63) is 59.2 Å². The maximum atomic E-state index is 13.1. The molecule has 1 aliphatic carbocycles. The number of rotatable bonds is 2. The van der Waals surface area contributed by atoms with Gasteiger partial charge in [0, 0.05) is 16.1 Å². The first-order chi connectivity index (χ1) is 9.47. The van der Waals surface area contributed by atoms with Crippen molar-refractivity contribution in [1.29, 1.82) is 0 Å². The summed E-state index contributed by atoms with van der Waals surface area (Å²) in [5.41, 5.74) is 0.712. The lowest BCUT2D eigenvalue weighted by Gasteiger charge is -2.30. The smallest absolute Gasteiger partial charge is 0.244 e. The van der Waals surface area contributed by atoms with Gasteiger partial charge in [0.05, 0.1) is 5.52 Å². The molecule has 0 aliphatic heterocycles. The van der Waals surface area contributed by atoms with E-state index in [1.54, 1.807) is 19.2 Å². The quantitative estimate of drug-likeness (QED) is 0.824. The van der Waals surface area contributed by atoms with Crippen molar-refractivity contribution in [3.63, 3.8) is 0 Å². The summed E-state index contributed by atoms with van der Waals surface area (Å²) >= 11 is 3.41.